The summed E-state index contributed by atoms with van der Waals surface area (Å²) in [5, 5.41) is 6.56. The van der Waals surface area contributed by atoms with Crippen LogP contribution in [0.3, 0.4) is 0 Å². The number of benzene rings is 2. The van der Waals surface area contributed by atoms with E-state index in [1.54, 1.807) is 21.1 Å². The highest BCUT2D eigenvalue weighted by molar-refractivity contribution is 5.72. The molecule has 2 N–H and O–H groups in total. The van der Waals surface area contributed by atoms with Crippen LogP contribution in [0.25, 0.3) is 0 Å². The summed E-state index contributed by atoms with van der Waals surface area (Å²) in [6.45, 7) is 9.18. The van der Waals surface area contributed by atoms with Crippen molar-refractivity contribution in [1.82, 2.24) is 10.6 Å². The first kappa shape index (κ1) is 30.3. The zero-order valence-electron chi connectivity index (χ0n) is 24.2. The Hall–Kier alpha value is -2.69. The second kappa shape index (κ2) is 15.9. The van der Waals surface area contributed by atoms with Crippen LogP contribution in [0.2, 0.25) is 0 Å². The number of hydrogen-bond acceptors (Lipinski definition) is 8. The molecule has 1 amide bonds. The Morgan fingerprint density at radius 3 is 2.60 bits per heavy atom. The average Bonchev–Trinajstić information content (AvgIpc) is 2.98. The van der Waals surface area contributed by atoms with Crippen LogP contribution < -0.4 is 20.3 Å². The number of anilines is 1. The number of fused-ring (bicyclic) bond motifs is 1. The minimum atomic E-state index is -0.0404. The van der Waals surface area contributed by atoms with Crippen molar-refractivity contribution >= 4 is 11.6 Å². The van der Waals surface area contributed by atoms with Gasteiger partial charge >= 0.3 is 0 Å². The molecule has 3 atom stereocenters. The topological polar surface area (TPSA) is 90.5 Å². The van der Waals surface area contributed by atoms with Crippen molar-refractivity contribution in [2.45, 2.75) is 38.6 Å². The van der Waals surface area contributed by atoms with Crippen molar-refractivity contribution in [2.24, 2.45) is 5.92 Å². The van der Waals surface area contributed by atoms with Gasteiger partial charge in [-0.15, -0.1) is 0 Å². The standard InChI is InChI=1S/C31H45N3O6/c1-23(35)33-19-27-18-32-20-30(31(27)26-8-5-24(6-9-26)21-38-16-15-37-3)40-22-25-7-10-29-28(17-25)34(12-14-39-29)11-4-13-36-2/h5-10,17,27,30-32H,4,11-16,18-22H2,1-3H3,(H,33,35)/t27-,30-,31-/m0/s1. The van der Waals surface area contributed by atoms with Gasteiger partial charge in [-0.05, 0) is 41.2 Å². The fraction of sp³-hybridized carbons (Fsp3) is 0.581. The van der Waals surface area contributed by atoms with E-state index in [4.69, 9.17) is 23.7 Å². The van der Waals surface area contributed by atoms with Crippen LogP contribution >= 0.6 is 0 Å². The van der Waals surface area contributed by atoms with Gasteiger partial charge in [0.05, 0.1) is 44.8 Å². The minimum absolute atomic E-state index is 0.0170. The molecule has 0 aromatic heterocycles. The third-order valence-electron chi connectivity index (χ3n) is 7.56. The van der Waals surface area contributed by atoms with Crippen LogP contribution in [0.15, 0.2) is 42.5 Å². The molecule has 9 nitrogen and oxygen atoms in total. The van der Waals surface area contributed by atoms with Gasteiger partial charge in [0.2, 0.25) is 5.91 Å². The van der Waals surface area contributed by atoms with Gasteiger partial charge in [0.25, 0.3) is 0 Å². The predicted molar refractivity (Wildman–Crippen MR) is 155 cm³/mol. The van der Waals surface area contributed by atoms with Gasteiger partial charge in [0, 0.05) is 59.8 Å². The average molecular weight is 556 g/mol. The third-order valence-corrected chi connectivity index (χ3v) is 7.56. The van der Waals surface area contributed by atoms with E-state index in [1.165, 1.54) is 5.56 Å². The van der Waals surface area contributed by atoms with E-state index in [9.17, 15) is 4.79 Å². The number of nitrogens with one attached hydrogen (secondary N) is 2. The highest BCUT2D eigenvalue weighted by Gasteiger charge is 2.35. The molecule has 220 valence electrons. The lowest BCUT2D eigenvalue weighted by Gasteiger charge is -2.39. The van der Waals surface area contributed by atoms with Crippen LogP contribution in [0.4, 0.5) is 5.69 Å². The van der Waals surface area contributed by atoms with Crippen molar-refractivity contribution in [3.8, 4) is 5.75 Å². The summed E-state index contributed by atoms with van der Waals surface area (Å²) in [5.74, 6) is 1.26. The van der Waals surface area contributed by atoms with Gasteiger partial charge in [-0.1, -0.05) is 30.3 Å². The Morgan fingerprint density at radius 2 is 1.82 bits per heavy atom. The zero-order valence-corrected chi connectivity index (χ0v) is 24.2. The van der Waals surface area contributed by atoms with Crippen molar-refractivity contribution in [3.63, 3.8) is 0 Å². The smallest absolute Gasteiger partial charge is 0.216 e. The van der Waals surface area contributed by atoms with Crippen LogP contribution in [-0.2, 0) is 37.0 Å². The molecule has 0 bridgehead atoms. The van der Waals surface area contributed by atoms with Gasteiger partial charge in [0.15, 0.2) is 0 Å². The molecule has 40 heavy (non-hydrogen) atoms. The van der Waals surface area contributed by atoms with Gasteiger partial charge in [-0.2, -0.15) is 0 Å². The number of carbonyl (C=O) groups excluding carboxylic acids is 1. The first-order valence-corrected chi connectivity index (χ1v) is 14.3. The Balaban J connectivity index is 1.46. The van der Waals surface area contributed by atoms with Crippen LogP contribution in [0.5, 0.6) is 5.75 Å². The molecule has 9 heteroatoms. The number of amides is 1. The molecule has 0 saturated carbocycles. The van der Waals surface area contributed by atoms with Crippen LogP contribution in [0.1, 0.15) is 36.0 Å². The lowest BCUT2D eigenvalue weighted by atomic mass is 9.79. The van der Waals surface area contributed by atoms with E-state index in [2.05, 4.69) is 58.0 Å². The second-order valence-electron chi connectivity index (χ2n) is 10.5. The zero-order chi connectivity index (χ0) is 28.2. The van der Waals surface area contributed by atoms with E-state index in [-0.39, 0.29) is 23.8 Å². The first-order chi connectivity index (χ1) is 19.6. The van der Waals surface area contributed by atoms with E-state index < -0.39 is 0 Å². The van der Waals surface area contributed by atoms with Gasteiger partial charge in [0.1, 0.15) is 12.4 Å². The molecular formula is C31H45N3O6. The van der Waals surface area contributed by atoms with Crippen molar-refractivity contribution in [1.29, 1.82) is 0 Å². The summed E-state index contributed by atoms with van der Waals surface area (Å²) in [5.41, 5.74) is 4.57. The summed E-state index contributed by atoms with van der Waals surface area (Å²) < 4.78 is 28.5. The summed E-state index contributed by atoms with van der Waals surface area (Å²) >= 11 is 0. The summed E-state index contributed by atoms with van der Waals surface area (Å²) in [7, 11) is 3.41. The molecule has 0 radical (unpaired) electrons. The normalized spacial score (nSPS) is 20.6. The molecular weight excluding hydrogens is 510 g/mol. The molecule has 2 aliphatic rings. The molecule has 2 aromatic carbocycles. The number of nitrogens with zero attached hydrogens (tertiary/aromatic N) is 1. The molecule has 1 saturated heterocycles. The van der Waals surface area contributed by atoms with Crippen molar-refractivity contribution in [3.05, 3.63) is 59.2 Å². The lowest BCUT2D eigenvalue weighted by Crippen LogP contribution is -2.50. The Bertz CT molecular complexity index is 1050. The van der Waals surface area contributed by atoms with Crippen molar-refractivity contribution < 1.29 is 28.5 Å². The van der Waals surface area contributed by atoms with Gasteiger partial charge < -0.3 is 39.2 Å². The largest absolute Gasteiger partial charge is 0.490 e. The third kappa shape index (κ3) is 8.65. The predicted octanol–water partition coefficient (Wildman–Crippen LogP) is 3.11. The lowest BCUT2D eigenvalue weighted by molar-refractivity contribution is -0.119. The second-order valence-corrected chi connectivity index (χ2v) is 10.5. The molecule has 2 aliphatic heterocycles. The van der Waals surface area contributed by atoms with E-state index in [0.717, 1.165) is 61.8 Å². The molecule has 0 aliphatic carbocycles. The highest BCUT2D eigenvalue weighted by atomic mass is 16.5. The van der Waals surface area contributed by atoms with Crippen molar-refractivity contribution in [2.75, 3.05) is 78.3 Å². The highest BCUT2D eigenvalue weighted by Crippen LogP contribution is 2.35. The number of methoxy groups -OCH3 is 2. The van der Waals surface area contributed by atoms with Crippen LogP contribution in [0, 0.1) is 5.92 Å². The number of carbonyl (C=O) groups is 1. The Labute approximate surface area is 238 Å². The maximum atomic E-state index is 11.7. The van der Waals surface area contributed by atoms with Crippen LogP contribution in [-0.4, -0.2) is 85.4 Å². The molecule has 0 unspecified atom stereocenters. The summed E-state index contributed by atoms with van der Waals surface area (Å²) in [6, 6.07) is 14.9. The summed E-state index contributed by atoms with van der Waals surface area (Å²) in [4.78, 5) is 14.1. The summed E-state index contributed by atoms with van der Waals surface area (Å²) in [6.07, 6.45) is 0.932. The number of piperidine rings is 1. The SMILES string of the molecule is COCCCN1CCOc2ccc(CO[C@H]3CNC[C@@H](CNC(C)=O)[C@@H]3c3ccc(COCCOC)cc3)cc21. The molecule has 4 rings (SSSR count). The molecule has 2 aromatic rings. The molecule has 2 heterocycles. The fourth-order valence-electron chi connectivity index (χ4n) is 5.50. The number of rotatable bonds is 15. The minimum Gasteiger partial charge on any atom is -0.490 e. The van der Waals surface area contributed by atoms with Gasteiger partial charge in [-0.25, -0.2) is 0 Å². The molecule has 0 spiro atoms. The number of hydrogen-bond donors (Lipinski definition) is 2. The maximum absolute atomic E-state index is 11.7. The Morgan fingerprint density at radius 1 is 1.02 bits per heavy atom. The molecule has 1 fully saturated rings. The number of ether oxygens (including phenoxy) is 5. The van der Waals surface area contributed by atoms with E-state index in [0.29, 0.717) is 39.6 Å². The maximum Gasteiger partial charge on any atom is 0.216 e. The van der Waals surface area contributed by atoms with E-state index >= 15 is 0 Å². The van der Waals surface area contributed by atoms with E-state index in [1.807, 2.05) is 0 Å². The fourth-order valence-corrected chi connectivity index (χ4v) is 5.50. The van der Waals surface area contributed by atoms with Gasteiger partial charge in [-0.3, -0.25) is 4.79 Å². The Kier molecular flexibility index (Phi) is 12.1. The quantitative estimate of drug-likeness (QED) is 0.324. The monoisotopic (exact) mass is 555 g/mol. The first-order valence-electron chi connectivity index (χ1n) is 14.3.